The van der Waals surface area contributed by atoms with Gasteiger partial charge in [0.2, 0.25) is 5.91 Å². The van der Waals surface area contributed by atoms with Crippen LogP contribution < -0.4 is 5.32 Å². The van der Waals surface area contributed by atoms with Crippen LogP contribution >= 0.6 is 0 Å². The van der Waals surface area contributed by atoms with Crippen molar-refractivity contribution in [3.63, 3.8) is 0 Å². The normalized spacial score (nSPS) is 18.1. The Morgan fingerprint density at radius 2 is 1.62 bits per heavy atom. The number of hydrogen-bond acceptors (Lipinski definition) is 5. The van der Waals surface area contributed by atoms with E-state index in [0.29, 0.717) is 4.31 Å². The zero-order valence-electron chi connectivity index (χ0n) is 16.0. The average Bonchev–Trinajstić information content (AvgIpc) is 3.29. The standard InChI is InChI=1S/C21H23N3O4S/c25-20(15-24-21(26)18-5-1-2-6-19(18)29(24,27)28)22-13-16-7-9-17(10-8-16)14-23-11-3-4-12-23/h1-2,5-10H,3-4,11-15H2,(H,22,25). The molecule has 152 valence electrons. The van der Waals surface area contributed by atoms with Crippen molar-refractivity contribution in [3.8, 4) is 0 Å². The first-order chi connectivity index (χ1) is 13.9. The highest BCUT2D eigenvalue weighted by molar-refractivity contribution is 7.90. The van der Waals surface area contributed by atoms with Gasteiger partial charge in [0, 0.05) is 13.1 Å². The zero-order chi connectivity index (χ0) is 20.4. The summed E-state index contributed by atoms with van der Waals surface area (Å²) in [6.07, 6.45) is 2.51. The second-order valence-electron chi connectivity index (χ2n) is 7.39. The van der Waals surface area contributed by atoms with Gasteiger partial charge in [0.1, 0.15) is 11.4 Å². The Kier molecular flexibility index (Phi) is 5.38. The first kappa shape index (κ1) is 19.6. The topological polar surface area (TPSA) is 86.8 Å². The van der Waals surface area contributed by atoms with Crippen LogP contribution in [0.2, 0.25) is 0 Å². The van der Waals surface area contributed by atoms with Crippen molar-refractivity contribution >= 4 is 21.8 Å². The maximum absolute atomic E-state index is 12.5. The van der Waals surface area contributed by atoms with E-state index in [-0.39, 0.29) is 17.0 Å². The summed E-state index contributed by atoms with van der Waals surface area (Å²) in [5.41, 5.74) is 2.25. The third-order valence-electron chi connectivity index (χ3n) is 5.32. The Labute approximate surface area is 170 Å². The van der Waals surface area contributed by atoms with E-state index in [1.165, 1.54) is 30.5 Å². The van der Waals surface area contributed by atoms with Crippen LogP contribution in [0.4, 0.5) is 0 Å². The monoisotopic (exact) mass is 413 g/mol. The zero-order valence-corrected chi connectivity index (χ0v) is 16.8. The molecule has 1 saturated heterocycles. The summed E-state index contributed by atoms with van der Waals surface area (Å²) >= 11 is 0. The first-order valence-electron chi connectivity index (χ1n) is 9.68. The minimum Gasteiger partial charge on any atom is -0.350 e. The van der Waals surface area contributed by atoms with Crippen molar-refractivity contribution in [2.75, 3.05) is 19.6 Å². The summed E-state index contributed by atoms with van der Waals surface area (Å²) in [6.45, 7) is 2.96. The molecule has 0 bridgehead atoms. The Morgan fingerprint density at radius 1 is 0.966 bits per heavy atom. The van der Waals surface area contributed by atoms with Gasteiger partial charge in [-0.15, -0.1) is 0 Å². The summed E-state index contributed by atoms with van der Waals surface area (Å²) in [7, 11) is -3.97. The maximum Gasteiger partial charge on any atom is 0.269 e. The second kappa shape index (κ2) is 7.96. The fraction of sp³-hybridized carbons (Fsp3) is 0.333. The molecule has 0 atom stereocenters. The molecule has 8 heteroatoms. The summed E-state index contributed by atoms with van der Waals surface area (Å²) in [4.78, 5) is 27.0. The van der Waals surface area contributed by atoms with E-state index in [2.05, 4.69) is 10.2 Å². The third kappa shape index (κ3) is 4.04. The quantitative estimate of drug-likeness (QED) is 0.780. The molecule has 2 aliphatic rings. The lowest BCUT2D eigenvalue weighted by Gasteiger charge is -2.16. The van der Waals surface area contributed by atoms with Crippen molar-refractivity contribution < 1.29 is 18.0 Å². The maximum atomic E-state index is 12.5. The number of nitrogens with one attached hydrogen (secondary N) is 1. The van der Waals surface area contributed by atoms with Gasteiger partial charge in [-0.05, 0) is 49.2 Å². The van der Waals surface area contributed by atoms with E-state index in [0.717, 1.165) is 25.2 Å². The molecule has 4 rings (SSSR count). The fourth-order valence-electron chi connectivity index (χ4n) is 3.74. The molecule has 0 aliphatic carbocycles. The number of carbonyl (C=O) groups excluding carboxylic acids is 2. The number of carbonyl (C=O) groups is 2. The number of amides is 2. The molecule has 2 amide bonds. The van der Waals surface area contributed by atoms with Gasteiger partial charge in [0.15, 0.2) is 0 Å². The molecule has 7 nitrogen and oxygen atoms in total. The Balaban J connectivity index is 1.33. The third-order valence-corrected chi connectivity index (χ3v) is 7.10. The average molecular weight is 413 g/mol. The van der Waals surface area contributed by atoms with Gasteiger partial charge in [-0.1, -0.05) is 36.4 Å². The SMILES string of the molecule is O=C(CN1C(=O)c2ccccc2S1(=O)=O)NCc1ccc(CN2CCCC2)cc1. The Morgan fingerprint density at radius 3 is 2.31 bits per heavy atom. The molecule has 1 N–H and O–H groups in total. The lowest BCUT2D eigenvalue weighted by Crippen LogP contribution is -2.40. The minimum atomic E-state index is -3.97. The summed E-state index contributed by atoms with van der Waals surface area (Å²) in [5.74, 6) is -1.18. The van der Waals surface area contributed by atoms with E-state index in [9.17, 15) is 18.0 Å². The lowest BCUT2D eigenvalue weighted by molar-refractivity contribution is -0.121. The van der Waals surface area contributed by atoms with Gasteiger partial charge in [-0.3, -0.25) is 14.5 Å². The highest BCUT2D eigenvalue weighted by Crippen LogP contribution is 2.29. The van der Waals surface area contributed by atoms with E-state index < -0.39 is 28.4 Å². The predicted octanol–water partition coefficient (Wildman–Crippen LogP) is 1.74. The van der Waals surface area contributed by atoms with Gasteiger partial charge < -0.3 is 5.32 Å². The van der Waals surface area contributed by atoms with Gasteiger partial charge in [-0.2, -0.15) is 0 Å². The van der Waals surface area contributed by atoms with E-state index >= 15 is 0 Å². The van der Waals surface area contributed by atoms with Crippen molar-refractivity contribution in [2.45, 2.75) is 30.8 Å². The molecule has 1 fully saturated rings. The van der Waals surface area contributed by atoms with Gasteiger partial charge in [0.25, 0.3) is 15.9 Å². The molecule has 0 saturated carbocycles. The molecule has 0 aromatic heterocycles. The molecular weight excluding hydrogens is 390 g/mol. The van der Waals surface area contributed by atoms with Crippen LogP contribution in [0.3, 0.4) is 0 Å². The second-order valence-corrected chi connectivity index (χ2v) is 9.22. The van der Waals surface area contributed by atoms with Crippen LogP contribution in [0.1, 0.15) is 34.3 Å². The van der Waals surface area contributed by atoms with Gasteiger partial charge in [0.05, 0.1) is 5.56 Å². The summed E-state index contributed by atoms with van der Waals surface area (Å²) in [5, 5.41) is 2.70. The first-order valence-corrected chi connectivity index (χ1v) is 11.1. The number of hydrogen-bond donors (Lipinski definition) is 1. The highest BCUT2D eigenvalue weighted by atomic mass is 32.2. The summed E-state index contributed by atoms with van der Waals surface area (Å²) in [6, 6.07) is 14.0. The fourth-order valence-corrected chi connectivity index (χ4v) is 5.26. The van der Waals surface area contributed by atoms with E-state index in [1.807, 2.05) is 24.3 Å². The van der Waals surface area contributed by atoms with Gasteiger partial charge in [-0.25, -0.2) is 12.7 Å². The van der Waals surface area contributed by atoms with Gasteiger partial charge >= 0.3 is 0 Å². The number of benzene rings is 2. The molecule has 0 radical (unpaired) electrons. The molecule has 0 spiro atoms. The van der Waals surface area contributed by atoms with Crippen molar-refractivity contribution in [2.24, 2.45) is 0 Å². The largest absolute Gasteiger partial charge is 0.350 e. The Hall–Kier alpha value is -2.71. The van der Waals surface area contributed by atoms with Crippen LogP contribution in [0.5, 0.6) is 0 Å². The van der Waals surface area contributed by atoms with Crippen molar-refractivity contribution in [1.82, 2.24) is 14.5 Å². The number of nitrogens with zero attached hydrogens (tertiary/aromatic N) is 2. The van der Waals surface area contributed by atoms with Crippen LogP contribution in [0.15, 0.2) is 53.4 Å². The smallest absolute Gasteiger partial charge is 0.269 e. The number of fused-ring (bicyclic) bond motifs is 1. The predicted molar refractivity (Wildman–Crippen MR) is 107 cm³/mol. The number of sulfonamides is 1. The van der Waals surface area contributed by atoms with E-state index in [4.69, 9.17) is 0 Å². The molecule has 2 aromatic carbocycles. The molecule has 0 unspecified atom stereocenters. The molecule has 2 heterocycles. The highest BCUT2D eigenvalue weighted by Gasteiger charge is 2.41. The number of likely N-dealkylation sites (tertiary alicyclic amines) is 1. The summed E-state index contributed by atoms with van der Waals surface area (Å²) < 4.78 is 25.6. The van der Waals surface area contributed by atoms with Crippen LogP contribution in [-0.4, -0.2) is 49.1 Å². The molecule has 2 aliphatic heterocycles. The minimum absolute atomic E-state index is 0.0496. The van der Waals surface area contributed by atoms with E-state index in [1.54, 1.807) is 12.1 Å². The lowest BCUT2D eigenvalue weighted by atomic mass is 10.1. The van der Waals surface area contributed by atoms with Crippen molar-refractivity contribution in [1.29, 1.82) is 0 Å². The molecule has 29 heavy (non-hydrogen) atoms. The van der Waals surface area contributed by atoms with Crippen LogP contribution in [0, 0.1) is 0 Å². The Bertz CT molecular complexity index is 1030. The molecule has 2 aromatic rings. The number of rotatable bonds is 6. The van der Waals surface area contributed by atoms with Crippen LogP contribution in [0.25, 0.3) is 0 Å². The molecular formula is C21H23N3O4S. The van der Waals surface area contributed by atoms with Crippen LogP contribution in [-0.2, 0) is 27.9 Å². The van der Waals surface area contributed by atoms with Crippen molar-refractivity contribution in [3.05, 3.63) is 65.2 Å².